The molecule has 5 atom stereocenters. The Labute approximate surface area is 100 Å². The van der Waals surface area contributed by atoms with Crippen LogP contribution in [0.25, 0.3) is 0 Å². The van der Waals surface area contributed by atoms with Crippen LogP contribution in [0.4, 0.5) is 4.79 Å². The van der Waals surface area contributed by atoms with Crippen molar-refractivity contribution in [3.8, 4) is 0 Å². The Morgan fingerprint density at radius 1 is 1.24 bits per heavy atom. The van der Waals surface area contributed by atoms with E-state index in [1.165, 1.54) is 19.3 Å². The number of nitrogens with two attached hydrogens (primary N) is 1. The Morgan fingerprint density at radius 3 is 2.35 bits per heavy atom. The van der Waals surface area contributed by atoms with Gasteiger partial charge in [0.05, 0.1) is 6.04 Å². The van der Waals surface area contributed by atoms with Crippen molar-refractivity contribution in [3.63, 3.8) is 0 Å². The highest BCUT2D eigenvalue weighted by molar-refractivity contribution is 5.96. The monoisotopic (exact) mass is 237 g/mol. The van der Waals surface area contributed by atoms with E-state index in [2.05, 4.69) is 10.6 Å². The van der Waals surface area contributed by atoms with Crippen molar-refractivity contribution in [1.29, 1.82) is 0 Å². The van der Waals surface area contributed by atoms with Gasteiger partial charge in [0.1, 0.15) is 0 Å². The van der Waals surface area contributed by atoms with Gasteiger partial charge in [0.25, 0.3) is 0 Å². The van der Waals surface area contributed by atoms with Crippen molar-refractivity contribution >= 4 is 11.9 Å². The molecule has 3 rings (SSSR count). The zero-order valence-electron chi connectivity index (χ0n) is 9.98. The maximum Gasteiger partial charge on any atom is 0.318 e. The fourth-order valence-corrected chi connectivity index (χ4v) is 4.14. The molecule has 0 aromatic heterocycles. The number of hydrogen-bond acceptors (Lipinski definition) is 3. The van der Waals surface area contributed by atoms with Crippen LogP contribution < -0.4 is 16.4 Å². The molecule has 0 aromatic carbocycles. The van der Waals surface area contributed by atoms with E-state index in [9.17, 15) is 9.59 Å². The molecule has 3 saturated carbocycles. The predicted octanol–water partition coefficient (Wildman–Crippen LogP) is 0.204. The molecule has 3 amide bonds. The summed E-state index contributed by atoms with van der Waals surface area (Å²) in [5, 5.41) is 5.46. The zero-order chi connectivity index (χ0) is 12.2. The highest BCUT2D eigenvalue weighted by atomic mass is 16.2. The molecule has 0 radical (unpaired) electrons. The fourth-order valence-electron chi connectivity index (χ4n) is 4.14. The third kappa shape index (κ3) is 1.73. The van der Waals surface area contributed by atoms with Crippen LogP contribution in [-0.2, 0) is 4.79 Å². The van der Waals surface area contributed by atoms with Gasteiger partial charge >= 0.3 is 6.03 Å². The fraction of sp³-hybridized carbons (Fsp3) is 0.833. The Hall–Kier alpha value is -1.10. The molecule has 0 aliphatic heterocycles. The lowest BCUT2D eigenvalue weighted by Crippen LogP contribution is -2.47. The molecule has 17 heavy (non-hydrogen) atoms. The van der Waals surface area contributed by atoms with E-state index in [0.29, 0.717) is 6.04 Å². The molecule has 0 spiro atoms. The summed E-state index contributed by atoms with van der Waals surface area (Å²) in [5.41, 5.74) is 4.92. The standard InChI is InChI=1S/C12H19N3O2/c1-5(11(16)15-12(13)17)14-10-8-6-2-3-7(4-6)9(8)10/h5-10,14H,2-4H2,1H3,(H3,13,15,16,17). The molecule has 5 heteroatoms. The SMILES string of the molecule is CC(NC1C2C3CCC(C3)C12)C(=O)NC(N)=O. The minimum Gasteiger partial charge on any atom is -0.351 e. The van der Waals surface area contributed by atoms with E-state index in [1.807, 2.05) is 0 Å². The topological polar surface area (TPSA) is 84.2 Å². The van der Waals surface area contributed by atoms with E-state index in [1.54, 1.807) is 6.92 Å². The number of rotatable bonds is 3. The molecule has 5 unspecified atom stereocenters. The van der Waals surface area contributed by atoms with Gasteiger partial charge in [-0.1, -0.05) is 0 Å². The van der Waals surface area contributed by atoms with Crippen LogP contribution in [0.2, 0.25) is 0 Å². The van der Waals surface area contributed by atoms with Gasteiger partial charge in [-0.3, -0.25) is 10.1 Å². The normalized spacial score (nSPS) is 43.0. The number of fused-ring (bicyclic) bond motifs is 5. The first-order chi connectivity index (χ1) is 8.08. The van der Waals surface area contributed by atoms with Crippen molar-refractivity contribution < 1.29 is 9.59 Å². The lowest BCUT2D eigenvalue weighted by Gasteiger charge is -2.15. The maximum atomic E-state index is 11.5. The largest absolute Gasteiger partial charge is 0.351 e. The zero-order valence-corrected chi connectivity index (χ0v) is 9.98. The van der Waals surface area contributed by atoms with Gasteiger partial charge in [-0.15, -0.1) is 0 Å². The highest BCUT2D eigenvalue weighted by Gasteiger charge is 2.65. The number of primary amides is 1. The van der Waals surface area contributed by atoms with Gasteiger partial charge in [0.2, 0.25) is 5.91 Å². The number of carbonyl (C=O) groups is 2. The number of imide groups is 1. The second-order valence-corrected chi connectivity index (χ2v) is 5.76. The molecule has 0 aromatic rings. The van der Waals surface area contributed by atoms with Crippen LogP contribution in [0.3, 0.4) is 0 Å². The quantitative estimate of drug-likeness (QED) is 0.655. The summed E-state index contributed by atoms with van der Waals surface area (Å²) in [5.74, 6) is 3.02. The summed E-state index contributed by atoms with van der Waals surface area (Å²) >= 11 is 0. The Bertz CT molecular complexity index is 355. The summed E-state index contributed by atoms with van der Waals surface area (Å²) in [7, 11) is 0. The summed E-state index contributed by atoms with van der Waals surface area (Å²) in [6, 6.07) is -0.618. The van der Waals surface area contributed by atoms with Crippen LogP contribution in [0, 0.1) is 23.7 Å². The minimum atomic E-state index is -0.778. The Morgan fingerprint density at radius 2 is 1.82 bits per heavy atom. The van der Waals surface area contributed by atoms with Crippen molar-refractivity contribution in [1.82, 2.24) is 10.6 Å². The van der Waals surface area contributed by atoms with Gasteiger partial charge < -0.3 is 11.1 Å². The van der Waals surface area contributed by atoms with Crippen LogP contribution in [0.5, 0.6) is 0 Å². The average Bonchev–Trinajstić information content (AvgIpc) is 2.69. The van der Waals surface area contributed by atoms with Gasteiger partial charge in [-0.05, 0) is 49.9 Å². The second-order valence-electron chi connectivity index (χ2n) is 5.76. The maximum absolute atomic E-state index is 11.5. The van der Waals surface area contributed by atoms with Crippen molar-refractivity contribution in [2.45, 2.75) is 38.3 Å². The molecule has 3 aliphatic rings. The third-order valence-corrected chi connectivity index (χ3v) is 4.82. The predicted molar refractivity (Wildman–Crippen MR) is 61.9 cm³/mol. The molecule has 5 nitrogen and oxygen atoms in total. The summed E-state index contributed by atoms with van der Waals surface area (Å²) in [4.78, 5) is 22.1. The molecule has 94 valence electrons. The molecule has 3 aliphatic carbocycles. The molecular weight excluding hydrogens is 218 g/mol. The highest BCUT2D eigenvalue weighted by Crippen LogP contribution is 2.65. The first kappa shape index (κ1) is 11.0. The van der Waals surface area contributed by atoms with Gasteiger partial charge in [-0.2, -0.15) is 0 Å². The second kappa shape index (κ2) is 3.70. The first-order valence-electron chi connectivity index (χ1n) is 6.44. The van der Waals surface area contributed by atoms with Gasteiger partial charge in [0, 0.05) is 6.04 Å². The average molecular weight is 237 g/mol. The van der Waals surface area contributed by atoms with Crippen molar-refractivity contribution in [2.24, 2.45) is 29.4 Å². The van der Waals surface area contributed by atoms with Crippen molar-refractivity contribution in [2.75, 3.05) is 0 Å². The van der Waals surface area contributed by atoms with Crippen LogP contribution in [0.1, 0.15) is 26.2 Å². The Balaban J connectivity index is 1.52. The summed E-state index contributed by atoms with van der Waals surface area (Å²) in [6.45, 7) is 1.79. The number of hydrogen-bond donors (Lipinski definition) is 3. The van der Waals surface area contributed by atoms with E-state index in [-0.39, 0.29) is 11.9 Å². The number of amides is 3. The van der Waals surface area contributed by atoms with Crippen LogP contribution in [-0.4, -0.2) is 24.0 Å². The Kier molecular flexibility index (Phi) is 2.40. The summed E-state index contributed by atoms with van der Waals surface area (Å²) < 4.78 is 0. The van der Waals surface area contributed by atoms with Crippen molar-refractivity contribution in [3.05, 3.63) is 0 Å². The van der Waals surface area contributed by atoms with Gasteiger partial charge in [0.15, 0.2) is 0 Å². The lowest BCUT2D eigenvalue weighted by atomic mass is 10.0. The molecule has 3 fully saturated rings. The molecule has 2 bridgehead atoms. The van der Waals surface area contributed by atoms with E-state index < -0.39 is 6.03 Å². The first-order valence-corrected chi connectivity index (χ1v) is 6.44. The van der Waals surface area contributed by atoms with Gasteiger partial charge in [-0.25, -0.2) is 4.79 Å². The molecule has 4 N–H and O–H groups in total. The molecular formula is C12H19N3O2. The van der Waals surface area contributed by atoms with Crippen LogP contribution in [0.15, 0.2) is 0 Å². The number of carbonyl (C=O) groups excluding carboxylic acids is 2. The van der Waals surface area contributed by atoms with Crippen LogP contribution >= 0.6 is 0 Å². The smallest absolute Gasteiger partial charge is 0.318 e. The van der Waals surface area contributed by atoms with E-state index in [0.717, 1.165) is 23.7 Å². The van der Waals surface area contributed by atoms with E-state index >= 15 is 0 Å². The number of nitrogens with one attached hydrogen (secondary N) is 2. The summed E-state index contributed by atoms with van der Waals surface area (Å²) in [6.07, 6.45) is 4.13. The lowest BCUT2D eigenvalue weighted by molar-refractivity contribution is -0.121. The third-order valence-electron chi connectivity index (χ3n) is 4.82. The number of urea groups is 1. The molecule has 0 saturated heterocycles. The van der Waals surface area contributed by atoms with E-state index in [4.69, 9.17) is 5.73 Å². The minimum absolute atomic E-state index is 0.324. The molecule has 0 heterocycles.